The lowest BCUT2D eigenvalue weighted by molar-refractivity contribution is -0.0508. The van der Waals surface area contributed by atoms with E-state index in [0.29, 0.717) is 43.3 Å². The highest BCUT2D eigenvalue weighted by molar-refractivity contribution is 5.94. The van der Waals surface area contributed by atoms with E-state index >= 15 is 0 Å². The predicted molar refractivity (Wildman–Crippen MR) is 126 cm³/mol. The number of morpholine rings is 1. The molecular formula is C26H32F2N2O5. The number of carbonyl (C=O) groups excluding carboxylic acids is 1. The molecule has 2 aliphatic heterocycles. The lowest BCUT2D eigenvalue weighted by Crippen LogP contribution is -2.46. The summed E-state index contributed by atoms with van der Waals surface area (Å²) in [5.74, 6) is 0.0550. The van der Waals surface area contributed by atoms with Gasteiger partial charge in [-0.2, -0.15) is 8.78 Å². The Morgan fingerprint density at radius 2 is 2.06 bits per heavy atom. The normalized spacial score (nSPS) is 20.4. The molecule has 7 nitrogen and oxygen atoms in total. The Hall–Kier alpha value is -2.75. The maximum Gasteiger partial charge on any atom is 0.387 e. The van der Waals surface area contributed by atoms with Crippen molar-refractivity contribution in [2.24, 2.45) is 0 Å². The summed E-state index contributed by atoms with van der Waals surface area (Å²) in [5.41, 5.74) is 2.54. The van der Waals surface area contributed by atoms with E-state index in [1.807, 2.05) is 33.0 Å². The van der Waals surface area contributed by atoms with Crippen LogP contribution in [0.4, 0.5) is 8.78 Å². The fourth-order valence-electron chi connectivity index (χ4n) is 4.40. The summed E-state index contributed by atoms with van der Waals surface area (Å²) in [7, 11) is 1.99. The first-order valence-electron chi connectivity index (χ1n) is 11.7. The summed E-state index contributed by atoms with van der Waals surface area (Å²) in [6.07, 6.45) is 0. The van der Waals surface area contributed by atoms with Gasteiger partial charge < -0.3 is 24.3 Å². The molecule has 1 N–H and O–H groups in total. The molecule has 9 heteroatoms. The van der Waals surface area contributed by atoms with Crippen LogP contribution >= 0.6 is 0 Å². The fraction of sp³-hybridized carbons (Fsp3) is 0.500. The minimum Gasteiger partial charge on any atom is -0.492 e. The highest BCUT2D eigenvalue weighted by Crippen LogP contribution is 2.36. The first-order chi connectivity index (χ1) is 16.6. The van der Waals surface area contributed by atoms with Crippen molar-refractivity contribution in [3.8, 4) is 11.5 Å². The van der Waals surface area contributed by atoms with Gasteiger partial charge in [0.15, 0.2) is 0 Å². The molecule has 2 heterocycles. The smallest absolute Gasteiger partial charge is 0.387 e. The van der Waals surface area contributed by atoms with Gasteiger partial charge in [-0.25, -0.2) is 0 Å². The van der Waals surface area contributed by atoms with Crippen molar-refractivity contribution >= 4 is 5.91 Å². The molecule has 0 saturated carbocycles. The third kappa shape index (κ3) is 5.91. The topological polar surface area (TPSA) is 69.3 Å². The Labute approximate surface area is 204 Å². The first kappa shape index (κ1) is 25.3. The van der Waals surface area contributed by atoms with Gasteiger partial charge in [-0.15, -0.1) is 0 Å². The number of halogens is 2. The molecule has 1 fully saturated rings. The maximum atomic E-state index is 13.2. The lowest BCUT2D eigenvalue weighted by Gasteiger charge is -2.32. The quantitative estimate of drug-likeness (QED) is 0.597. The van der Waals surface area contributed by atoms with Gasteiger partial charge in [-0.3, -0.25) is 9.69 Å². The van der Waals surface area contributed by atoms with Gasteiger partial charge in [-0.05, 0) is 63.2 Å². The van der Waals surface area contributed by atoms with Crippen molar-refractivity contribution in [3.05, 3.63) is 58.7 Å². The van der Waals surface area contributed by atoms with E-state index in [-0.39, 0.29) is 23.3 Å². The van der Waals surface area contributed by atoms with E-state index in [4.69, 9.17) is 18.9 Å². The van der Waals surface area contributed by atoms with Crippen molar-refractivity contribution in [2.75, 3.05) is 33.4 Å². The number of amides is 1. The molecule has 0 aromatic heterocycles. The van der Waals surface area contributed by atoms with Crippen LogP contribution in [0.25, 0.3) is 0 Å². The van der Waals surface area contributed by atoms with Crippen LogP contribution < -0.4 is 14.8 Å². The molecule has 2 atom stereocenters. The Balaban J connectivity index is 1.46. The molecule has 4 rings (SSSR count). The van der Waals surface area contributed by atoms with Gasteiger partial charge in [0.2, 0.25) is 0 Å². The number of rotatable bonds is 8. The zero-order valence-electron chi connectivity index (χ0n) is 20.5. The van der Waals surface area contributed by atoms with Crippen molar-refractivity contribution in [1.82, 2.24) is 10.2 Å². The highest BCUT2D eigenvalue weighted by Gasteiger charge is 2.31. The third-order valence-corrected chi connectivity index (χ3v) is 6.58. The number of alkyl halides is 2. The Bertz CT molecular complexity index is 1060. The van der Waals surface area contributed by atoms with Crippen LogP contribution in [-0.2, 0) is 21.7 Å². The van der Waals surface area contributed by atoms with Crippen molar-refractivity contribution in [2.45, 2.75) is 51.7 Å². The standard InChI is InChI=1S/C26H32F2N2O5/c1-16(29-24(31)17-5-8-22-18(11-17)13-34-26(22,2)3)21-7-6-20(12-23(21)35-25(27)28)33-15-19-14-32-10-9-30(19)4/h5-8,11-12,16,19,25H,9-10,13-15H2,1-4H3,(H,29,31)/t16-,19+/m0/s1. The van der Waals surface area contributed by atoms with Gasteiger partial charge in [0.1, 0.15) is 18.1 Å². The summed E-state index contributed by atoms with van der Waals surface area (Å²) < 4.78 is 48.2. The highest BCUT2D eigenvalue weighted by atomic mass is 19.3. The molecule has 0 bridgehead atoms. The van der Waals surface area contributed by atoms with Crippen LogP contribution in [-0.4, -0.2) is 56.9 Å². The van der Waals surface area contributed by atoms with Gasteiger partial charge in [0, 0.05) is 23.7 Å². The summed E-state index contributed by atoms with van der Waals surface area (Å²) in [6, 6.07) is 9.71. The molecule has 35 heavy (non-hydrogen) atoms. The van der Waals surface area contributed by atoms with Crippen LogP contribution in [0.15, 0.2) is 36.4 Å². The molecule has 190 valence electrons. The van der Waals surface area contributed by atoms with Gasteiger partial charge in [0.05, 0.1) is 37.5 Å². The summed E-state index contributed by atoms with van der Waals surface area (Å²) >= 11 is 0. The largest absolute Gasteiger partial charge is 0.492 e. The number of benzene rings is 2. The molecule has 0 radical (unpaired) electrons. The van der Waals surface area contributed by atoms with Gasteiger partial charge in [-0.1, -0.05) is 6.07 Å². The molecule has 0 aliphatic carbocycles. The van der Waals surface area contributed by atoms with Crippen molar-refractivity contribution in [3.63, 3.8) is 0 Å². The second-order valence-corrected chi connectivity index (χ2v) is 9.46. The van der Waals surface area contributed by atoms with E-state index in [9.17, 15) is 13.6 Å². The van der Waals surface area contributed by atoms with E-state index in [0.717, 1.165) is 17.7 Å². The zero-order chi connectivity index (χ0) is 25.2. The van der Waals surface area contributed by atoms with E-state index in [2.05, 4.69) is 10.2 Å². The number of ether oxygens (including phenoxy) is 4. The number of carbonyl (C=O) groups is 1. The van der Waals surface area contributed by atoms with Crippen LogP contribution in [0.1, 0.15) is 53.9 Å². The van der Waals surface area contributed by atoms with Gasteiger partial charge >= 0.3 is 6.61 Å². The number of fused-ring (bicyclic) bond motifs is 1. The number of nitrogens with zero attached hydrogens (tertiary/aromatic N) is 1. The number of likely N-dealkylation sites (N-methyl/N-ethyl adjacent to an activating group) is 1. The SMILES string of the molecule is C[C@H](NC(=O)c1ccc2c(c1)COC2(C)C)c1ccc(OC[C@H]2COCCN2C)cc1OC(F)F. The second kappa shape index (κ2) is 10.5. The molecule has 1 saturated heterocycles. The summed E-state index contributed by atoms with van der Waals surface area (Å²) in [6.45, 7) is 5.51. The minimum atomic E-state index is -3.01. The molecule has 2 aromatic carbocycles. The number of nitrogens with one attached hydrogen (secondary N) is 1. The lowest BCUT2D eigenvalue weighted by atomic mass is 9.94. The average molecular weight is 491 g/mol. The van der Waals surface area contributed by atoms with Crippen LogP contribution in [0, 0.1) is 0 Å². The van der Waals surface area contributed by atoms with E-state index < -0.39 is 12.7 Å². The van der Waals surface area contributed by atoms with E-state index in [1.54, 1.807) is 25.1 Å². The summed E-state index contributed by atoms with van der Waals surface area (Å²) in [5, 5.41) is 2.88. The van der Waals surface area contributed by atoms with Crippen molar-refractivity contribution < 1.29 is 32.5 Å². The zero-order valence-corrected chi connectivity index (χ0v) is 20.5. The third-order valence-electron chi connectivity index (χ3n) is 6.58. The van der Waals surface area contributed by atoms with E-state index in [1.165, 1.54) is 6.07 Å². The molecule has 2 aliphatic rings. The first-order valence-corrected chi connectivity index (χ1v) is 11.7. The minimum absolute atomic E-state index is 0.0392. The maximum absolute atomic E-state index is 13.2. The molecular weight excluding hydrogens is 458 g/mol. The Morgan fingerprint density at radius 1 is 1.26 bits per heavy atom. The molecule has 2 aromatic rings. The van der Waals surface area contributed by atoms with Crippen LogP contribution in [0.5, 0.6) is 11.5 Å². The van der Waals surface area contributed by atoms with Crippen LogP contribution in [0.2, 0.25) is 0 Å². The van der Waals surface area contributed by atoms with Gasteiger partial charge in [0.25, 0.3) is 5.91 Å². The predicted octanol–water partition coefficient (Wildman–Crippen LogP) is 4.25. The Morgan fingerprint density at radius 3 is 2.80 bits per heavy atom. The molecule has 0 spiro atoms. The molecule has 0 unspecified atom stereocenters. The second-order valence-electron chi connectivity index (χ2n) is 9.46. The molecule has 1 amide bonds. The fourth-order valence-corrected chi connectivity index (χ4v) is 4.40. The summed E-state index contributed by atoms with van der Waals surface area (Å²) in [4.78, 5) is 15.1. The monoisotopic (exact) mass is 490 g/mol. The number of hydrogen-bond acceptors (Lipinski definition) is 6. The van der Waals surface area contributed by atoms with Crippen molar-refractivity contribution in [1.29, 1.82) is 0 Å². The average Bonchev–Trinajstić information content (AvgIpc) is 3.12. The Kier molecular flexibility index (Phi) is 7.59. The van der Waals surface area contributed by atoms with Crippen LogP contribution in [0.3, 0.4) is 0 Å². The number of hydrogen-bond donors (Lipinski definition) is 1.